The van der Waals surface area contributed by atoms with E-state index < -0.39 is 0 Å². The predicted molar refractivity (Wildman–Crippen MR) is 81.1 cm³/mol. The van der Waals surface area contributed by atoms with E-state index in [-0.39, 0.29) is 6.04 Å². The smallest absolute Gasteiger partial charge is 0.179 e. The Balaban J connectivity index is 2.34. The molecule has 2 aromatic rings. The van der Waals surface area contributed by atoms with Crippen LogP contribution in [0.1, 0.15) is 17.4 Å². The van der Waals surface area contributed by atoms with E-state index in [9.17, 15) is 0 Å². The number of rotatable bonds is 6. The molecule has 1 aromatic carbocycles. The molecule has 0 aliphatic carbocycles. The molecule has 0 aliphatic heterocycles. The van der Waals surface area contributed by atoms with Crippen LogP contribution in [0, 0.1) is 0 Å². The van der Waals surface area contributed by atoms with Crippen LogP contribution in [0.3, 0.4) is 0 Å². The maximum absolute atomic E-state index is 6.26. The van der Waals surface area contributed by atoms with Crippen LogP contribution < -0.4 is 14.8 Å². The predicted octanol–water partition coefficient (Wildman–Crippen LogP) is 1.99. The number of nitrogens with zero attached hydrogens (tertiary/aromatic N) is 3. The lowest BCUT2D eigenvalue weighted by Gasteiger charge is -2.19. The summed E-state index contributed by atoms with van der Waals surface area (Å²) in [5.74, 6) is 2.04. The highest BCUT2D eigenvalue weighted by Gasteiger charge is 2.18. The third-order valence-corrected chi connectivity index (χ3v) is 3.68. The summed E-state index contributed by atoms with van der Waals surface area (Å²) in [5, 5.41) is 7.87. The van der Waals surface area contributed by atoms with Crippen molar-refractivity contribution >= 4 is 11.6 Å². The van der Waals surface area contributed by atoms with E-state index in [1.54, 1.807) is 25.2 Å². The first kappa shape index (κ1) is 15.6. The van der Waals surface area contributed by atoms with Crippen molar-refractivity contribution in [3.8, 4) is 11.5 Å². The molecule has 6 nitrogen and oxygen atoms in total. The van der Waals surface area contributed by atoms with Gasteiger partial charge in [0.2, 0.25) is 0 Å². The number of ether oxygens (including phenoxy) is 2. The Morgan fingerprint density at radius 1 is 1.33 bits per heavy atom. The Labute approximate surface area is 129 Å². The van der Waals surface area contributed by atoms with Crippen molar-refractivity contribution in [3.05, 3.63) is 34.9 Å². The summed E-state index contributed by atoms with van der Waals surface area (Å²) in [6.45, 7) is 0. The van der Waals surface area contributed by atoms with Gasteiger partial charge in [0.05, 0.1) is 19.2 Å². The molecule has 0 radical (unpaired) electrons. The summed E-state index contributed by atoms with van der Waals surface area (Å²) < 4.78 is 12.4. The Morgan fingerprint density at radius 3 is 2.62 bits per heavy atom. The van der Waals surface area contributed by atoms with E-state index >= 15 is 0 Å². The molecular formula is C14H19ClN4O2. The number of benzene rings is 1. The van der Waals surface area contributed by atoms with Crippen LogP contribution in [0.2, 0.25) is 5.02 Å². The average molecular weight is 311 g/mol. The van der Waals surface area contributed by atoms with Crippen molar-refractivity contribution in [2.75, 3.05) is 21.3 Å². The van der Waals surface area contributed by atoms with Gasteiger partial charge in [-0.1, -0.05) is 11.6 Å². The molecule has 1 unspecified atom stereocenters. The molecule has 7 heteroatoms. The first-order valence-corrected chi connectivity index (χ1v) is 6.90. The van der Waals surface area contributed by atoms with Crippen LogP contribution in [-0.2, 0) is 13.5 Å². The third-order valence-electron chi connectivity index (χ3n) is 3.40. The van der Waals surface area contributed by atoms with Gasteiger partial charge in [-0.25, -0.2) is 4.98 Å². The van der Waals surface area contributed by atoms with Crippen molar-refractivity contribution < 1.29 is 9.47 Å². The molecule has 0 spiro atoms. The number of aromatic nitrogens is 3. The fourth-order valence-electron chi connectivity index (χ4n) is 2.21. The molecule has 0 aliphatic rings. The van der Waals surface area contributed by atoms with Crippen LogP contribution in [0.15, 0.2) is 18.5 Å². The van der Waals surface area contributed by atoms with Gasteiger partial charge in [-0.05, 0) is 24.7 Å². The fraction of sp³-hybridized carbons (Fsp3) is 0.429. The van der Waals surface area contributed by atoms with Crippen LogP contribution in [-0.4, -0.2) is 36.0 Å². The molecule has 1 atom stereocenters. The van der Waals surface area contributed by atoms with Crippen molar-refractivity contribution in [3.63, 3.8) is 0 Å². The first-order chi connectivity index (χ1) is 10.1. The Hall–Kier alpha value is -1.79. The SMILES string of the molecule is CNC(Cc1ncnn1C)c1cc(Cl)c(OC)c(OC)c1. The molecule has 2 rings (SSSR count). The van der Waals surface area contributed by atoms with Crippen molar-refractivity contribution in [1.29, 1.82) is 0 Å². The summed E-state index contributed by atoms with van der Waals surface area (Å²) in [4.78, 5) is 4.25. The van der Waals surface area contributed by atoms with Gasteiger partial charge in [-0.15, -0.1) is 0 Å². The molecular weight excluding hydrogens is 292 g/mol. The van der Waals surface area contributed by atoms with E-state index in [4.69, 9.17) is 21.1 Å². The molecule has 21 heavy (non-hydrogen) atoms. The molecule has 0 bridgehead atoms. The molecule has 0 saturated carbocycles. The quantitative estimate of drug-likeness (QED) is 0.884. The van der Waals surface area contributed by atoms with E-state index in [0.29, 0.717) is 22.9 Å². The number of hydrogen-bond donors (Lipinski definition) is 1. The van der Waals surface area contributed by atoms with Crippen molar-refractivity contribution in [1.82, 2.24) is 20.1 Å². The van der Waals surface area contributed by atoms with E-state index in [1.807, 2.05) is 26.2 Å². The van der Waals surface area contributed by atoms with Crippen LogP contribution >= 0.6 is 11.6 Å². The zero-order valence-electron chi connectivity index (χ0n) is 12.6. The molecule has 0 fully saturated rings. The van der Waals surface area contributed by atoms with Gasteiger partial charge in [-0.2, -0.15) is 5.10 Å². The lowest BCUT2D eigenvalue weighted by atomic mass is 10.0. The maximum Gasteiger partial charge on any atom is 0.179 e. The second kappa shape index (κ2) is 6.78. The zero-order valence-corrected chi connectivity index (χ0v) is 13.3. The summed E-state index contributed by atoms with van der Waals surface area (Å²) in [6, 6.07) is 3.84. The average Bonchev–Trinajstić information content (AvgIpc) is 2.88. The standard InChI is InChI=1S/C14H19ClN4O2/c1-16-11(7-13-17-8-18-19(13)2)9-5-10(15)14(21-4)12(6-9)20-3/h5-6,8,11,16H,7H2,1-4H3. The van der Waals surface area contributed by atoms with E-state index in [1.165, 1.54) is 0 Å². The summed E-state index contributed by atoms with van der Waals surface area (Å²) >= 11 is 6.26. The van der Waals surface area contributed by atoms with Crippen molar-refractivity contribution in [2.45, 2.75) is 12.5 Å². The number of likely N-dealkylation sites (N-methyl/N-ethyl adjacent to an activating group) is 1. The molecule has 1 N–H and O–H groups in total. The zero-order chi connectivity index (χ0) is 15.4. The monoisotopic (exact) mass is 310 g/mol. The fourth-order valence-corrected chi connectivity index (χ4v) is 2.51. The highest BCUT2D eigenvalue weighted by molar-refractivity contribution is 6.32. The largest absolute Gasteiger partial charge is 0.493 e. The molecule has 0 amide bonds. The summed E-state index contributed by atoms with van der Waals surface area (Å²) in [5.41, 5.74) is 1.00. The Kier molecular flexibility index (Phi) is 5.03. The number of aryl methyl sites for hydroxylation is 1. The van der Waals surface area contributed by atoms with Crippen molar-refractivity contribution in [2.24, 2.45) is 7.05 Å². The summed E-state index contributed by atoms with van der Waals surface area (Å²) in [6.07, 6.45) is 2.24. The van der Waals surface area contributed by atoms with Gasteiger partial charge in [0, 0.05) is 19.5 Å². The van der Waals surface area contributed by atoms with E-state index in [0.717, 1.165) is 11.4 Å². The van der Waals surface area contributed by atoms with E-state index in [2.05, 4.69) is 15.4 Å². The van der Waals surface area contributed by atoms with Crippen LogP contribution in [0.4, 0.5) is 0 Å². The molecule has 1 aromatic heterocycles. The molecule has 0 saturated heterocycles. The third kappa shape index (κ3) is 3.28. The van der Waals surface area contributed by atoms with Crippen LogP contribution in [0.25, 0.3) is 0 Å². The maximum atomic E-state index is 6.26. The first-order valence-electron chi connectivity index (χ1n) is 6.52. The number of methoxy groups -OCH3 is 2. The Bertz CT molecular complexity index is 615. The lowest BCUT2D eigenvalue weighted by Crippen LogP contribution is -2.20. The highest BCUT2D eigenvalue weighted by Crippen LogP contribution is 2.38. The van der Waals surface area contributed by atoms with Gasteiger partial charge in [-0.3, -0.25) is 4.68 Å². The normalized spacial score (nSPS) is 12.2. The number of nitrogens with one attached hydrogen (secondary N) is 1. The minimum atomic E-state index is 0.0465. The van der Waals surface area contributed by atoms with Gasteiger partial charge in [0.1, 0.15) is 12.2 Å². The second-order valence-electron chi connectivity index (χ2n) is 4.58. The molecule has 114 valence electrons. The van der Waals surface area contributed by atoms with Gasteiger partial charge < -0.3 is 14.8 Å². The number of hydrogen-bond acceptors (Lipinski definition) is 5. The lowest BCUT2D eigenvalue weighted by molar-refractivity contribution is 0.354. The van der Waals surface area contributed by atoms with Gasteiger partial charge >= 0.3 is 0 Å². The van der Waals surface area contributed by atoms with Crippen LogP contribution in [0.5, 0.6) is 11.5 Å². The minimum absolute atomic E-state index is 0.0465. The Morgan fingerprint density at radius 2 is 2.10 bits per heavy atom. The highest BCUT2D eigenvalue weighted by atomic mass is 35.5. The molecule has 1 heterocycles. The number of halogens is 1. The topological polar surface area (TPSA) is 61.2 Å². The second-order valence-corrected chi connectivity index (χ2v) is 4.99. The summed E-state index contributed by atoms with van der Waals surface area (Å²) in [7, 11) is 6.93. The minimum Gasteiger partial charge on any atom is -0.493 e. The van der Waals surface area contributed by atoms with Gasteiger partial charge in [0.15, 0.2) is 11.5 Å². The van der Waals surface area contributed by atoms with Gasteiger partial charge in [0.25, 0.3) is 0 Å².